The molecule has 0 unspecified atom stereocenters. The Kier molecular flexibility index (Phi) is 5.17. The quantitative estimate of drug-likeness (QED) is 0.740. The van der Waals surface area contributed by atoms with E-state index in [0.717, 1.165) is 23.3 Å². The molecule has 0 saturated carbocycles. The molecule has 27 heavy (non-hydrogen) atoms. The number of rotatable bonds is 4. The van der Waals surface area contributed by atoms with Crippen LogP contribution in [-0.4, -0.2) is 11.8 Å². The second kappa shape index (κ2) is 7.70. The van der Waals surface area contributed by atoms with Crippen LogP contribution >= 0.6 is 0 Å². The zero-order chi connectivity index (χ0) is 19.4. The standard InChI is InChI=1S/C21H18N2O4/c1-13-3-7-15(8-4-13)22-20(25)18-11-17(24)12-19(27-18)21(26)23-16-9-5-14(2)6-10-16/h3-12H,1-2H3,(H,22,25)(H,23,26). The summed E-state index contributed by atoms with van der Waals surface area (Å²) >= 11 is 0. The van der Waals surface area contributed by atoms with Crippen molar-refractivity contribution in [3.8, 4) is 0 Å². The number of anilines is 2. The van der Waals surface area contributed by atoms with Gasteiger partial charge in [-0.2, -0.15) is 0 Å². The van der Waals surface area contributed by atoms with Crippen LogP contribution in [0.2, 0.25) is 0 Å². The molecule has 0 fully saturated rings. The van der Waals surface area contributed by atoms with Crippen molar-refractivity contribution in [1.29, 1.82) is 0 Å². The fraction of sp³-hybridized carbons (Fsp3) is 0.0952. The lowest BCUT2D eigenvalue weighted by atomic mass is 10.2. The van der Waals surface area contributed by atoms with Crippen molar-refractivity contribution in [2.45, 2.75) is 13.8 Å². The lowest BCUT2D eigenvalue weighted by Gasteiger charge is -2.07. The van der Waals surface area contributed by atoms with E-state index in [9.17, 15) is 14.4 Å². The van der Waals surface area contributed by atoms with Gasteiger partial charge in [0.2, 0.25) is 0 Å². The molecule has 136 valence electrons. The van der Waals surface area contributed by atoms with Crippen LogP contribution in [-0.2, 0) is 0 Å². The van der Waals surface area contributed by atoms with E-state index in [2.05, 4.69) is 10.6 Å². The van der Waals surface area contributed by atoms with E-state index in [4.69, 9.17) is 4.42 Å². The van der Waals surface area contributed by atoms with Crippen LogP contribution in [0, 0.1) is 13.8 Å². The molecular formula is C21H18N2O4. The molecule has 0 aliphatic heterocycles. The highest BCUT2D eigenvalue weighted by molar-refractivity contribution is 6.04. The van der Waals surface area contributed by atoms with Gasteiger partial charge in [0.1, 0.15) is 0 Å². The maximum Gasteiger partial charge on any atom is 0.291 e. The largest absolute Gasteiger partial charge is 0.445 e. The van der Waals surface area contributed by atoms with Gasteiger partial charge >= 0.3 is 0 Å². The molecule has 6 nitrogen and oxygen atoms in total. The third-order valence-electron chi connectivity index (χ3n) is 3.83. The summed E-state index contributed by atoms with van der Waals surface area (Å²) < 4.78 is 5.35. The molecular weight excluding hydrogens is 344 g/mol. The zero-order valence-corrected chi connectivity index (χ0v) is 14.9. The molecule has 1 heterocycles. The van der Waals surface area contributed by atoms with Crippen molar-refractivity contribution >= 4 is 23.2 Å². The molecule has 3 aromatic rings. The Morgan fingerprint density at radius 1 is 0.704 bits per heavy atom. The number of aryl methyl sites for hydroxylation is 2. The van der Waals surface area contributed by atoms with Gasteiger partial charge in [0, 0.05) is 23.5 Å². The summed E-state index contributed by atoms with van der Waals surface area (Å²) in [6.45, 7) is 3.86. The Morgan fingerprint density at radius 2 is 1.07 bits per heavy atom. The third-order valence-corrected chi connectivity index (χ3v) is 3.83. The van der Waals surface area contributed by atoms with Crippen molar-refractivity contribution < 1.29 is 14.0 Å². The highest BCUT2D eigenvalue weighted by Gasteiger charge is 2.16. The molecule has 0 aliphatic rings. The molecule has 2 amide bonds. The molecule has 0 radical (unpaired) electrons. The smallest absolute Gasteiger partial charge is 0.291 e. The number of hydrogen-bond acceptors (Lipinski definition) is 4. The average Bonchev–Trinajstić information content (AvgIpc) is 2.65. The number of benzene rings is 2. The minimum atomic E-state index is -0.610. The molecule has 0 atom stereocenters. The summed E-state index contributed by atoms with van der Waals surface area (Å²) in [6.07, 6.45) is 0. The summed E-state index contributed by atoms with van der Waals surface area (Å²) in [7, 11) is 0. The predicted molar refractivity (Wildman–Crippen MR) is 103 cm³/mol. The molecule has 0 aliphatic carbocycles. The first-order valence-electron chi connectivity index (χ1n) is 8.32. The first-order valence-corrected chi connectivity index (χ1v) is 8.32. The van der Waals surface area contributed by atoms with Gasteiger partial charge in [-0.25, -0.2) is 0 Å². The van der Waals surface area contributed by atoms with Crippen LogP contribution in [0.15, 0.2) is 69.9 Å². The van der Waals surface area contributed by atoms with E-state index in [1.165, 1.54) is 0 Å². The van der Waals surface area contributed by atoms with E-state index >= 15 is 0 Å². The van der Waals surface area contributed by atoms with E-state index in [1.54, 1.807) is 24.3 Å². The second-order valence-corrected chi connectivity index (χ2v) is 6.16. The van der Waals surface area contributed by atoms with E-state index in [-0.39, 0.29) is 11.5 Å². The lowest BCUT2D eigenvalue weighted by molar-refractivity contribution is 0.0967. The SMILES string of the molecule is Cc1ccc(NC(=O)c2cc(=O)cc(C(=O)Nc3ccc(C)cc3)o2)cc1. The Bertz CT molecular complexity index is 954. The van der Waals surface area contributed by atoms with E-state index < -0.39 is 17.2 Å². The van der Waals surface area contributed by atoms with Crippen LogP contribution in [0.4, 0.5) is 11.4 Å². The van der Waals surface area contributed by atoms with Gasteiger partial charge < -0.3 is 15.1 Å². The summed E-state index contributed by atoms with van der Waals surface area (Å²) in [5.74, 6) is -1.70. The van der Waals surface area contributed by atoms with Crippen molar-refractivity contribution in [2.24, 2.45) is 0 Å². The Morgan fingerprint density at radius 3 is 1.44 bits per heavy atom. The first kappa shape index (κ1) is 18.1. The summed E-state index contributed by atoms with van der Waals surface area (Å²) in [5.41, 5.74) is 2.72. The molecule has 0 saturated heterocycles. The minimum Gasteiger partial charge on any atom is -0.445 e. The van der Waals surface area contributed by atoms with Crippen LogP contribution in [0.5, 0.6) is 0 Å². The zero-order valence-electron chi connectivity index (χ0n) is 14.9. The van der Waals surface area contributed by atoms with Gasteiger partial charge in [-0.1, -0.05) is 35.4 Å². The average molecular weight is 362 g/mol. The molecule has 6 heteroatoms. The minimum absolute atomic E-state index is 0.239. The first-order chi connectivity index (χ1) is 12.9. The van der Waals surface area contributed by atoms with Gasteiger partial charge in [0.25, 0.3) is 11.8 Å². The fourth-order valence-corrected chi connectivity index (χ4v) is 2.36. The summed E-state index contributed by atoms with van der Waals surface area (Å²) in [6, 6.07) is 16.4. The van der Waals surface area contributed by atoms with E-state index in [1.807, 2.05) is 38.1 Å². The van der Waals surface area contributed by atoms with Gasteiger partial charge in [-0.3, -0.25) is 14.4 Å². The number of carbonyl (C=O) groups excluding carboxylic acids is 2. The third kappa shape index (κ3) is 4.70. The fourth-order valence-electron chi connectivity index (χ4n) is 2.36. The van der Waals surface area contributed by atoms with Crippen molar-refractivity contribution in [1.82, 2.24) is 0 Å². The van der Waals surface area contributed by atoms with Crippen LogP contribution in [0.1, 0.15) is 32.2 Å². The van der Waals surface area contributed by atoms with Gasteiger partial charge in [-0.05, 0) is 38.1 Å². The monoisotopic (exact) mass is 362 g/mol. The van der Waals surface area contributed by atoms with Crippen molar-refractivity contribution in [2.75, 3.05) is 10.6 Å². The molecule has 2 aromatic carbocycles. The molecule has 0 spiro atoms. The van der Waals surface area contributed by atoms with Crippen LogP contribution in [0.3, 0.4) is 0 Å². The number of carbonyl (C=O) groups is 2. The van der Waals surface area contributed by atoms with Gasteiger partial charge in [0.05, 0.1) is 0 Å². The number of hydrogen-bond donors (Lipinski definition) is 2. The topological polar surface area (TPSA) is 88.4 Å². The van der Waals surface area contributed by atoms with Crippen molar-refractivity contribution in [3.05, 3.63) is 93.5 Å². The van der Waals surface area contributed by atoms with Crippen molar-refractivity contribution in [3.63, 3.8) is 0 Å². The molecule has 3 rings (SSSR count). The second-order valence-electron chi connectivity index (χ2n) is 6.16. The Hall–Kier alpha value is -3.67. The summed E-state index contributed by atoms with van der Waals surface area (Å²) in [5, 5.41) is 5.26. The van der Waals surface area contributed by atoms with Gasteiger partial charge in [0.15, 0.2) is 16.9 Å². The summed E-state index contributed by atoms with van der Waals surface area (Å²) in [4.78, 5) is 36.6. The molecule has 2 N–H and O–H groups in total. The number of nitrogens with one attached hydrogen (secondary N) is 2. The lowest BCUT2D eigenvalue weighted by Crippen LogP contribution is -2.19. The maximum atomic E-state index is 12.3. The number of amides is 2. The van der Waals surface area contributed by atoms with E-state index in [0.29, 0.717) is 11.4 Å². The maximum absolute atomic E-state index is 12.3. The highest BCUT2D eigenvalue weighted by atomic mass is 16.4. The van der Waals surface area contributed by atoms with Crippen LogP contribution in [0.25, 0.3) is 0 Å². The highest BCUT2D eigenvalue weighted by Crippen LogP contribution is 2.13. The predicted octanol–water partition coefficient (Wildman–Crippen LogP) is 3.76. The molecule has 1 aromatic heterocycles. The Labute approximate surface area is 155 Å². The molecule has 0 bridgehead atoms. The normalized spacial score (nSPS) is 10.3. The Balaban J connectivity index is 1.79. The van der Waals surface area contributed by atoms with Crippen LogP contribution < -0.4 is 16.1 Å². The van der Waals surface area contributed by atoms with Gasteiger partial charge in [-0.15, -0.1) is 0 Å².